The number of aryl methyl sites for hydroxylation is 1. The predicted molar refractivity (Wildman–Crippen MR) is 65.4 cm³/mol. The Morgan fingerprint density at radius 1 is 1.38 bits per heavy atom. The molecule has 0 radical (unpaired) electrons. The van der Waals surface area contributed by atoms with Crippen molar-refractivity contribution in [3.63, 3.8) is 0 Å². The van der Waals surface area contributed by atoms with Crippen LogP contribution in [0.4, 0.5) is 0 Å². The third-order valence-electron chi connectivity index (χ3n) is 2.93. The molecule has 0 amide bonds. The first-order chi connectivity index (χ1) is 7.65. The number of likely N-dealkylation sites (N-methyl/N-ethyl adjacent to an activating group) is 1. The minimum atomic E-state index is -0.217. The highest BCUT2D eigenvalue weighted by molar-refractivity contribution is 5.92. The zero-order chi connectivity index (χ0) is 11.7. The molecule has 3 heteroatoms. The van der Waals surface area contributed by atoms with E-state index in [0.717, 1.165) is 16.5 Å². The molecule has 0 aliphatic heterocycles. The Morgan fingerprint density at radius 3 is 2.69 bits per heavy atom. The molecule has 2 rings (SSSR count). The van der Waals surface area contributed by atoms with E-state index in [0.29, 0.717) is 0 Å². The Hall–Kier alpha value is -1.61. The van der Waals surface area contributed by atoms with Crippen LogP contribution in [-0.2, 0) is 11.8 Å². The van der Waals surface area contributed by atoms with Crippen LogP contribution in [0.1, 0.15) is 18.5 Å². The van der Waals surface area contributed by atoms with Crippen molar-refractivity contribution in [2.24, 2.45) is 7.05 Å². The van der Waals surface area contributed by atoms with Gasteiger partial charge < -0.3 is 9.88 Å². The maximum Gasteiger partial charge on any atom is 0.151 e. The Bertz CT molecular complexity index is 528. The molecule has 1 unspecified atom stereocenters. The van der Waals surface area contributed by atoms with Gasteiger partial charge in [0.15, 0.2) is 5.78 Å². The second-order valence-electron chi connectivity index (χ2n) is 4.04. The lowest BCUT2D eigenvalue weighted by atomic mass is 10.0. The number of fused-ring (bicyclic) bond motifs is 1. The molecule has 84 valence electrons. The summed E-state index contributed by atoms with van der Waals surface area (Å²) in [5.74, 6) is 0.138. The normalized spacial score (nSPS) is 12.9. The highest BCUT2D eigenvalue weighted by Gasteiger charge is 2.18. The van der Waals surface area contributed by atoms with Crippen LogP contribution in [0, 0.1) is 0 Å². The number of ketones is 1. The fourth-order valence-corrected chi connectivity index (χ4v) is 2.18. The van der Waals surface area contributed by atoms with E-state index >= 15 is 0 Å². The highest BCUT2D eigenvalue weighted by Crippen LogP contribution is 2.26. The molecule has 0 spiro atoms. The van der Waals surface area contributed by atoms with Gasteiger partial charge in [0, 0.05) is 29.7 Å². The first kappa shape index (κ1) is 10.9. The minimum absolute atomic E-state index is 0.138. The van der Waals surface area contributed by atoms with Crippen LogP contribution in [0.25, 0.3) is 10.9 Å². The summed E-state index contributed by atoms with van der Waals surface area (Å²) < 4.78 is 2.05. The number of carbonyl (C=O) groups excluding carboxylic acids is 1. The Labute approximate surface area is 95.1 Å². The molecule has 1 atom stereocenters. The number of hydrogen-bond donors (Lipinski definition) is 1. The van der Waals surface area contributed by atoms with Gasteiger partial charge in [0.1, 0.15) is 0 Å². The topological polar surface area (TPSA) is 34.0 Å². The molecule has 16 heavy (non-hydrogen) atoms. The number of Topliss-reactive ketones (excluding diaryl/α,β-unsaturated/α-hetero) is 1. The van der Waals surface area contributed by atoms with Crippen molar-refractivity contribution in [3.05, 3.63) is 36.0 Å². The number of para-hydroxylation sites is 1. The summed E-state index contributed by atoms with van der Waals surface area (Å²) in [4.78, 5) is 11.6. The van der Waals surface area contributed by atoms with Gasteiger partial charge in [-0.05, 0) is 20.0 Å². The van der Waals surface area contributed by atoms with Crippen molar-refractivity contribution in [2.45, 2.75) is 13.0 Å². The summed E-state index contributed by atoms with van der Waals surface area (Å²) in [5.41, 5.74) is 2.20. The summed E-state index contributed by atoms with van der Waals surface area (Å²) in [6.07, 6.45) is 2.02. The van der Waals surface area contributed by atoms with Gasteiger partial charge in [-0.2, -0.15) is 0 Å². The Balaban J connectivity index is 2.64. The van der Waals surface area contributed by atoms with E-state index in [9.17, 15) is 4.79 Å². The Kier molecular flexibility index (Phi) is 2.79. The molecule has 1 N–H and O–H groups in total. The molecule has 1 aromatic heterocycles. The zero-order valence-electron chi connectivity index (χ0n) is 9.82. The largest absolute Gasteiger partial charge is 0.350 e. The number of nitrogens with zero attached hydrogens (tertiary/aromatic N) is 1. The van der Waals surface area contributed by atoms with Crippen molar-refractivity contribution in [1.29, 1.82) is 0 Å². The molecule has 1 heterocycles. The predicted octanol–water partition coefficient (Wildman–Crippen LogP) is 2.03. The van der Waals surface area contributed by atoms with Crippen molar-refractivity contribution in [3.8, 4) is 0 Å². The third kappa shape index (κ3) is 1.63. The number of rotatable bonds is 3. The second-order valence-corrected chi connectivity index (χ2v) is 4.04. The standard InChI is InChI=1S/C13H16N2O/c1-9(16)13(14-2)11-8-15(3)12-7-5-4-6-10(11)12/h4-8,13-14H,1-3H3. The molecule has 1 aromatic carbocycles. The van der Waals surface area contributed by atoms with Gasteiger partial charge in [-0.3, -0.25) is 4.79 Å². The molecule has 0 bridgehead atoms. The van der Waals surface area contributed by atoms with Crippen molar-refractivity contribution >= 4 is 16.7 Å². The molecule has 0 aliphatic rings. The Morgan fingerprint density at radius 2 is 2.06 bits per heavy atom. The monoisotopic (exact) mass is 216 g/mol. The van der Waals surface area contributed by atoms with Gasteiger partial charge in [-0.1, -0.05) is 18.2 Å². The van der Waals surface area contributed by atoms with Crippen LogP contribution in [-0.4, -0.2) is 17.4 Å². The van der Waals surface area contributed by atoms with Gasteiger partial charge >= 0.3 is 0 Å². The third-order valence-corrected chi connectivity index (χ3v) is 2.93. The van der Waals surface area contributed by atoms with Crippen LogP contribution in [0.3, 0.4) is 0 Å². The van der Waals surface area contributed by atoms with Crippen molar-refractivity contribution < 1.29 is 4.79 Å². The minimum Gasteiger partial charge on any atom is -0.350 e. The van der Waals surface area contributed by atoms with Gasteiger partial charge in [-0.25, -0.2) is 0 Å². The van der Waals surface area contributed by atoms with Crippen molar-refractivity contribution in [2.75, 3.05) is 7.05 Å². The maximum atomic E-state index is 11.6. The van der Waals surface area contributed by atoms with Crippen LogP contribution >= 0.6 is 0 Å². The SMILES string of the molecule is CNC(C(C)=O)c1cn(C)c2ccccc12. The lowest BCUT2D eigenvalue weighted by Gasteiger charge is -2.11. The average molecular weight is 216 g/mol. The van der Waals surface area contributed by atoms with Crippen LogP contribution in [0.2, 0.25) is 0 Å². The molecular formula is C13H16N2O. The summed E-state index contributed by atoms with van der Waals surface area (Å²) in [6, 6.07) is 7.91. The fourth-order valence-electron chi connectivity index (χ4n) is 2.18. The van der Waals surface area contributed by atoms with Gasteiger partial charge in [0.2, 0.25) is 0 Å². The van der Waals surface area contributed by atoms with Gasteiger partial charge in [0.05, 0.1) is 6.04 Å². The molecule has 3 nitrogen and oxygen atoms in total. The quantitative estimate of drug-likeness (QED) is 0.851. The molecule has 2 aromatic rings. The van der Waals surface area contributed by atoms with Gasteiger partial charge in [0.25, 0.3) is 0 Å². The number of aromatic nitrogens is 1. The number of benzene rings is 1. The second kappa shape index (κ2) is 4.10. The summed E-state index contributed by atoms with van der Waals surface area (Å²) in [6.45, 7) is 1.61. The molecular weight excluding hydrogens is 200 g/mol. The molecule has 0 fully saturated rings. The van der Waals surface area contributed by atoms with E-state index in [4.69, 9.17) is 0 Å². The number of nitrogens with one attached hydrogen (secondary N) is 1. The van der Waals surface area contributed by atoms with E-state index in [1.54, 1.807) is 6.92 Å². The summed E-state index contributed by atoms with van der Waals surface area (Å²) in [5, 5.41) is 4.20. The smallest absolute Gasteiger partial charge is 0.151 e. The zero-order valence-corrected chi connectivity index (χ0v) is 9.82. The van der Waals surface area contributed by atoms with Crippen LogP contribution in [0.15, 0.2) is 30.5 Å². The van der Waals surface area contributed by atoms with Crippen molar-refractivity contribution in [1.82, 2.24) is 9.88 Å². The van der Waals surface area contributed by atoms with Crippen LogP contribution < -0.4 is 5.32 Å². The fraction of sp³-hybridized carbons (Fsp3) is 0.308. The first-order valence-electron chi connectivity index (χ1n) is 5.37. The van der Waals surface area contributed by atoms with E-state index in [-0.39, 0.29) is 11.8 Å². The van der Waals surface area contributed by atoms with E-state index in [2.05, 4.69) is 22.0 Å². The van der Waals surface area contributed by atoms with E-state index in [1.807, 2.05) is 32.4 Å². The van der Waals surface area contributed by atoms with Crippen LogP contribution in [0.5, 0.6) is 0 Å². The van der Waals surface area contributed by atoms with E-state index in [1.165, 1.54) is 0 Å². The number of hydrogen-bond acceptors (Lipinski definition) is 2. The average Bonchev–Trinajstić information content (AvgIpc) is 2.58. The maximum absolute atomic E-state index is 11.6. The van der Waals surface area contributed by atoms with E-state index < -0.39 is 0 Å². The molecule has 0 aliphatic carbocycles. The molecule has 0 saturated heterocycles. The van der Waals surface area contributed by atoms with Gasteiger partial charge in [-0.15, -0.1) is 0 Å². The first-order valence-corrected chi connectivity index (χ1v) is 5.37. The number of carbonyl (C=O) groups is 1. The highest BCUT2D eigenvalue weighted by atomic mass is 16.1. The summed E-state index contributed by atoms with van der Waals surface area (Å²) in [7, 11) is 3.81. The lowest BCUT2D eigenvalue weighted by Crippen LogP contribution is -2.22. The lowest BCUT2D eigenvalue weighted by molar-refractivity contribution is -0.118. The molecule has 0 saturated carbocycles. The summed E-state index contributed by atoms with van der Waals surface area (Å²) >= 11 is 0.